The lowest BCUT2D eigenvalue weighted by Gasteiger charge is -2.26. The molecule has 1 fully saturated rings. The molecule has 0 aliphatic carbocycles. The van der Waals surface area contributed by atoms with Crippen LogP contribution in [0.1, 0.15) is 18.9 Å². The summed E-state index contributed by atoms with van der Waals surface area (Å²) in [5, 5.41) is 21.5. The topological polar surface area (TPSA) is 108 Å². The number of nitrogens with zero attached hydrogens (tertiary/aromatic N) is 3. The predicted molar refractivity (Wildman–Crippen MR) is 120 cm³/mol. The molecule has 0 spiro atoms. The van der Waals surface area contributed by atoms with Crippen molar-refractivity contribution >= 4 is 34.8 Å². The van der Waals surface area contributed by atoms with E-state index in [1.807, 2.05) is 18.2 Å². The summed E-state index contributed by atoms with van der Waals surface area (Å²) in [6.07, 6.45) is 3.59. The number of carbonyl (C=O) groups is 1. The molecule has 164 valence electrons. The molecular weight excluding hydrogens is 416 g/mol. The molecule has 0 radical (unpaired) electrons. The molecule has 1 aliphatic heterocycles. The third-order valence-corrected chi connectivity index (χ3v) is 6.23. The number of benzene rings is 1. The molecule has 3 rings (SSSR count). The summed E-state index contributed by atoms with van der Waals surface area (Å²) in [5.74, 6) is -1.34. The zero-order chi connectivity index (χ0) is 22.2. The van der Waals surface area contributed by atoms with E-state index < -0.39 is 11.5 Å². The highest BCUT2D eigenvalue weighted by Gasteiger charge is 2.14. The van der Waals surface area contributed by atoms with E-state index in [0.717, 1.165) is 62.7 Å². The third kappa shape index (κ3) is 5.82. The van der Waals surface area contributed by atoms with Gasteiger partial charge in [0.2, 0.25) is 0 Å². The molecule has 1 aromatic heterocycles. The summed E-state index contributed by atoms with van der Waals surface area (Å²) in [4.78, 5) is 26.3. The number of ether oxygens (including phenoxy) is 1. The molecule has 31 heavy (non-hydrogen) atoms. The number of hydrogen-bond acceptors (Lipinski definition) is 7. The minimum absolute atomic E-state index is 0.160. The van der Waals surface area contributed by atoms with Crippen molar-refractivity contribution in [1.29, 1.82) is 5.26 Å². The maximum Gasteiger partial charge on any atom is 0.349 e. The van der Waals surface area contributed by atoms with Crippen LogP contribution in [0.2, 0.25) is 0 Å². The second kappa shape index (κ2) is 10.9. The molecule has 1 aliphatic rings. The van der Waals surface area contributed by atoms with Gasteiger partial charge < -0.3 is 15.2 Å². The van der Waals surface area contributed by atoms with Crippen LogP contribution >= 0.6 is 11.3 Å². The van der Waals surface area contributed by atoms with Crippen molar-refractivity contribution in [1.82, 2.24) is 9.47 Å². The number of aromatic nitrogens is 1. The first-order valence-electron chi connectivity index (χ1n) is 10.3. The van der Waals surface area contributed by atoms with Crippen molar-refractivity contribution in [3.63, 3.8) is 0 Å². The Hall–Kier alpha value is -2.93. The van der Waals surface area contributed by atoms with Crippen LogP contribution in [0.15, 0.2) is 29.1 Å². The zero-order valence-electron chi connectivity index (χ0n) is 17.5. The largest absolute Gasteiger partial charge is 0.477 e. The fourth-order valence-corrected chi connectivity index (χ4v) is 4.56. The number of carboxylic acids is 1. The average molecular weight is 443 g/mol. The van der Waals surface area contributed by atoms with Crippen LogP contribution in [0.3, 0.4) is 0 Å². The molecule has 0 amide bonds. The molecular formula is C22H26N4O4S. The first-order valence-corrected chi connectivity index (χ1v) is 11.1. The van der Waals surface area contributed by atoms with Gasteiger partial charge in [0.1, 0.15) is 15.3 Å². The summed E-state index contributed by atoms with van der Waals surface area (Å²) in [6.45, 7) is 6.66. The summed E-state index contributed by atoms with van der Waals surface area (Å²) >= 11 is 1.00. The number of morpholine rings is 1. The molecule has 2 heterocycles. The number of carboxylic acid groups (broad SMARTS) is 1. The Kier molecular flexibility index (Phi) is 8.00. The van der Waals surface area contributed by atoms with Crippen molar-refractivity contribution in [2.75, 3.05) is 38.2 Å². The standard InChI is InChI=1S/C22H26N4O4S/c1-2-26-20(27)19(31-21(26)18(14-23)22(28)29)15-24-17-7-3-5-16(13-17)6-4-8-25-9-11-30-12-10-25/h3,5,7,13,15,24H,2,4,6,8-12H2,1H3,(H,28,29). The first-order chi connectivity index (χ1) is 15.0. The van der Waals surface area contributed by atoms with Crippen molar-refractivity contribution in [3.05, 3.63) is 49.4 Å². The number of hydrogen-bond donors (Lipinski definition) is 2. The van der Waals surface area contributed by atoms with Crippen LogP contribution < -0.4 is 20.1 Å². The van der Waals surface area contributed by atoms with Gasteiger partial charge in [-0.15, -0.1) is 11.3 Å². The normalized spacial score (nSPS) is 16.1. The molecule has 2 N–H and O–H groups in total. The Morgan fingerprint density at radius 1 is 1.39 bits per heavy atom. The number of aliphatic carboxylic acids is 1. The van der Waals surface area contributed by atoms with E-state index in [1.54, 1.807) is 19.2 Å². The van der Waals surface area contributed by atoms with E-state index in [1.165, 1.54) is 10.1 Å². The highest BCUT2D eigenvalue weighted by atomic mass is 32.1. The molecule has 1 aromatic carbocycles. The highest BCUT2D eigenvalue weighted by Crippen LogP contribution is 2.13. The van der Waals surface area contributed by atoms with E-state index >= 15 is 0 Å². The predicted octanol–water partition coefficient (Wildman–Crippen LogP) is 0.803. The molecule has 0 unspecified atom stereocenters. The van der Waals surface area contributed by atoms with Gasteiger partial charge in [-0.3, -0.25) is 14.3 Å². The van der Waals surface area contributed by atoms with Crippen LogP contribution in [0.4, 0.5) is 5.69 Å². The van der Waals surface area contributed by atoms with E-state index in [-0.39, 0.29) is 16.8 Å². The number of rotatable bonds is 8. The Labute approximate surface area is 184 Å². The van der Waals surface area contributed by atoms with Gasteiger partial charge in [0, 0.05) is 31.5 Å². The quantitative estimate of drug-likeness (QED) is 0.623. The van der Waals surface area contributed by atoms with Gasteiger partial charge in [0.25, 0.3) is 5.56 Å². The molecule has 9 heteroatoms. The zero-order valence-corrected chi connectivity index (χ0v) is 18.3. The van der Waals surface area contributed by atoms with Gasteiger partial charge >= 0.3 is 5.97 Å². The second-order valence-electron chi connectivity index (χ2n) is 7.16. The van der Waals surface area contributed by atoms with Crippen molar-refractivity contribution in [3.8, 4) is 6.07 Å². The maximum absolute atomic E-state index is 12.6. The minimum Gasteiger partial charge on any atom is -0.477 e. The van der Waals surface area contributed by atoms with Gasteiger partial charge in [-0.2, -0.15) is 5.26 Å². The van der Waals surface area contributed by atoms with Crippen LogP contribution in [0.25, 0.3) is 11.8 Å². The van der Waals surface area contributed by atoms with Crippen molar-refractivity contribution in [2.45, 2.75) is 26.3 Å². The molecule has 0 atom stereocenters. The van der Waals surface area contributed by atoms with Gasteiger partial charge in [-0.05, 0) is 44.0 Å². The van der Waals surface area contributed by atoms with E-state index in [4.69, 9.17) is 10.00 Å². The number of aryl methyl sites for hydroxylation is 1. The smallest absolute Gasteiger partial charge is 0.349 e. The number of thiazole rings is 1. The second-order valence-corrected chi connectivity index (χ2v) is 8.19. The summed E-state index contributed by atoms with van der Waals surface area (Å²) < 4.78 is 7.20. The molecule has 8 nitrogen and oxygen atoms in total. The summed E-state index contributed by atoms with van der Waals surface area (Å²) in [6, 6.07) is 9.70. The minimum atomic E-state index is -1.34. The number of anilines is 1. The monoisotopic (exact) mass is 442 g/mol. The Balaban J connectivity index is 1.74. The lowest BCUT2D eigenvalue weighted by molar-refractivity contribution is -0.130. The van der Waals surface area contributed by atoms with E-state index in [2.05, 4.69) is 16.3 Å². The maximum atomic E-state index is 12.6. The lowest BCUT2D eigenvalue weighted by atomic mass is 10.1. The fraction of sp³-hybridized carbons (Fsp3) is 0.409. The first kappa shape index (κ1) is 22.7. The van der Waals surface area contributed by atoms with Gasteiger partial charge in [-0.1, -0.05) is 12.1 Å². The molecule has 2 aromatic rings. The van der Waals surface area contributed by atoms with Crippen molar-refractivity contribution < 1.29 is 14.6 Å². The Morgan fingerprint density at radius 2 is 2.16 bits per heavy atom. The van der Waals surface area contributed by atoms with E-state index in [9.17, 15) is 14.7 Å². The lowest BCUT2D eigenvalue weighted by Crippen LogP contribution is -2.36. The van der Waals surface area contributed by atoms with Gasteiger partial charge in [-0.25, -0.2) is 4.79 Å². The van der Waals surface area contributed by atoms with Crippen LogP contribution in [0.5, 0.6) is 0 Å². The Bertz CT molecular complexity index is 1140. The summed E-state index contributed by atoms with van der Waals surface area (Å²) in [5.41, 5.74) is 1.32. The van der Waals surface area contributed by atoms with E-state index in [0.29, 0.717) is 4.53 Å². The summed E-state index contributed by atoms with van der Waals surface area (Å²) in [7, 11) is 0. The average Bonchev–Trinajstić information content (AvgIpc) is 3.08. The Morgan fingerprint density at radius 3 is 2.84 bits per heavy atom. The van der Waals surface area contributed by atoms with Crippen LogP contribution in [-0.2, 0) is 22.5 Å². The highest BCUT2D eigenvalue weighted by molar-refractivity contribution is 7.07. The number of nitriles is 1. The number of nitrogens with one attached hydrogen (secondary N) is 1. The van der Waals surface area contributed by atoms with Crippen molar-refractivity contribution in [2.24, 2.45) is 0 Å². The van der Waals surface area contributed by atoms with Gasteiger partial charge in [0.15, 0.2) is 5.57 Å². The van der Waals surface area contributed by atoms with Gasteiger partial charge in [0.05, 0.1) is 13.2 Å². The SMILES string of the molecule is CCn1c(=C(C#N)C(=O)O)sc(=CNc2cccc(CCCN3CCOCC3)c2)c1=O. The fourth-order valence-electron chi connectivity index (χ4n) is 3.48. The third-order valence-electron chi connectivity index (χ3n) is 5.10. The molecule has 0 bridgehead atoms. The molecule has 0 saturated carbocycles. The van der Waals surface area contributed by atoms with Crippen LogP contribution in [0, 0.1) is 11.3 Å². The van der Waals surface area contributed by atoms with Crippen LogP contribution in [-0.4, -0.2) is 53.4 Å². The molecule has 1 saturated heterocycles.